The van der Waals surface area contributed by atoms with Crippen LogP contribution >= 0.6 is 0 Å². The number of ether oxygens (including phenoxy) is 2. The molecule has 5 N–H and O–H groups in total. The molecule has 4 heterocycles. The molecule has 0 radical (unpaired) electrons. The number of amides is 3. The van der Waals surface area contributed by atoms with Gasteiger partial charge in [0.2, 0.25) is 17.7 Å². The highest BCUT2D eigenvalue weighted by molar-refractivity contribution is 5.87. The first-order valence-corrected chi connectivity index (χ1v) is 19.6. The largest absolute Gasteiger partial charge is 0.493 e. The molecule has 3 fully saturated rings. The second-order valence-electron chi connectivity index (χ2n) is 15.4. The second kappa shape index (κ2) is 16.2. The number of methoxy groups -OCH3 is 2. The second-order valence-corrected chi connectivity index (χ2v) is 15.4. The van der Waals surface area contributed by atoms with Crippen LogP contribution in [0.15, 0.2) is 79.3 Å². The number of nitrogens with zero attached hydrogens (tertiary/aromatic N) is 4. The highest BCUT2D eigenvalue weighted by atomic mass is 16.5. The van der Waals surface area contributed by atoms with Crippen LogP contribution in [-0.4, -0.2) is 85.7 Å². The fourth-order valence-electron chi connectivity index (χ4n) is 9.12. The van der Waals surface area contributed by atoms with Crippen molar-refractivity contribution in [2.75, 3.05) is 20.8 Å². The Kier molecular flexibility index (Phi) is 10.8. The van der Waals surface area contributed by atoms with Gasteiger partial charge in [0.1, 0.15) is 17.7 Å². The third kappa shape index (κ3) is 7.61. The highest BCUT2D eigenvalue weighted by Crippen LogP contribution is 2.56. The molecule has 3 aliphatic rings. The number of H-pyrrole nitrogens is 2. The van der Waals surface area contributed by atoms with Crippen molar-refractivity contribution in [3.8, 4) is 39.5 Å². The Balaban J connectivity index is 0.918. The third-order valence-electron chi connectivity index (χ3n) is 12.2. The Morgan fingerprint density at radius 2 is 1.49 bits per heavy atom. The Morgan fingerprint density at radius 3 is 2.14 bits per heavy atom. The first kappa shape index (κ1) is 37.9. The summed E-state index contributed by atoms with van der Waals surface area (Å²) in [4.78, 5) is 61.3. The number of alkyl carbamates (subject to hydrolysis) is 1. The van der Waals surface area contributed by atoms with Crippen LogP contribution in [0.25, 0.3) is 33.6 Å². The maximum atomic E-state index is 13.6. The van der Waals surface area contributed by atoms with Crippen molar-refractivity contribution >= 4 is 17.9 Å². The van der Waals surface area contributed by atoms with Crippen LogP contribution in [-0.2, 0) is 25.6 Å². The molecule has 14 nitrogen and oxygen atoms in total. The summed E-state index contributed by atoms with van der Waals surface area (Å²) in [5.74, 6) is 1.85. The average Bonchev–Trinajstić information content (AvgIpc) is 4.10. The van der Waals surface area contributed by atoms with E-state index in [1.807, 2.05) is 6.20 Å². The third-order valence-corrected chi connectivity index (χ3v) is 12.2. The number of aromatic amines is 2. The molecule has 2 aliphatic carbocycles. The van der Waals surface area contributed by atoms with E-state index >= 15 is 0 Å². The minimum Gasteiger partial charge on any atom is -0.493 e. The van der Waals surface area contributed by atoms with Gasteiger partial charge in [-0.2, -0.15) is 0 Å². The standard InChI is InChI=1S/C43H48N8O6/c1-24(56-2)37(50-43(55)57-3)42(54)51-19-5-7-34(51)38-45-22-32(48-38)27-12-8-25(9-13-27)26-10-14-28(15-11-26)33-23-46-39(49-33)35-29-16-17-30(20-29)36(35)41(53)47-21-31-6-4-18-44-40(31)52/h4,6,8-15,18,22-24,29-30,34-37H,5,7,16-17,19-21H2,1-3H3,(H,44,52)(H,45,48)(H,46,49)(H,47,53)(H,50,55)/t24-,29?,30?,34+,35?,36?,37+/m1/s1. The number of imidazole rings is 2. The van der Waals surface area contributed by atoms with Gasteiger partial charge in [0.05, 0.1) is 49.0 Å². The van der Waals surface area contributed by atoms with E-state index in [1.165, 1.54) is 20.4 Å². The first-order chi connectivity index (χ1) is 27.7. The Bertz CT molecular complexity index is 2220. The van der Waals surface area contributed by atoms with Crippen LogP contribution in [0.1, 0.15) is 68.2 Å². The lowest BCUT2D eigenvalue weighted by Crippen LogP contribution is -2.54. The number of likely N-dealkylation sites (tertiary alicyclic amines) is 1. The van der Waals surface area contributed by atoms with E-state index in [2.05, 4.69) is 79.1 Å². The monoisotopic (exact) mass is 772 g/mol. The van der Waals surface area contributed by atoms with Gasteiger partial charge in [0.15, 0.2) is 0 Å². The summed E-state index contributed by atoms with van der Waals surface area (Å²) in [7, 11) is 2.76. The number of benzene rings is 2. The Hall–Kier alpha value is -6.02. The number of aromatic hydroxyl groups is 1. The fourth-order valence-corrected chi connectivity index (χ4v) is 9.12. The van der Waals surface area contributed by atoms with Gasteiger partial charge in [0.25, 0.3) is 0 Å². The first-order valence-electron chi connectivity index (χ1n) is 19.6. The van der Waals surface area contributed by atoms with Crippen LogP contribution in [0, 0.1) is 17.8 Å². The minimum atomic E-state index is -0.891. The molecule has 7 atom stereocenters. The number of nitrogens with one attached hydrogen (secondary N) is 4. The summed E-state index contributed by atoms with van der Waals surface area (Å²) in [6.07, 6.45) is 8.68. The average molecular weight is 773 g/mol. The van der Waals surface area contributed by atoms with Crippen molar-refractivity contribution in [2.45, 2.75) is 69.7 Å². The molecule has 1 saturated heterocycles. The lowest BCUT2D eigenvalue weighted by atomic mass is 9.78. The molecule has 2 saturated carbocycles. The number of fused-ring (bicyclic) bond motifs is 2. The molecule has 57 heavy (non-hydrogen) atoms. The maximum Gasteiger partial charge on any atom is 0.407 e. The zero-order valence-electron chi connectivity index (χ0n) is 32.3. The van der Waals surface area contributed by atoms with Crippen molar-refractivity contribution in [1.29, 1.82) is 0 Å². The molecular formula is C43H48N8O6. The van der Waals surface area contributed by atoms with Crippen molar-refractivity contribution in [2.24, 2.45) is 17.8 Å². The maximum absolute atomic E-state index is 13.6. The normalized spacial score (nSPS) is 22.3. The Morgan fingerprint density at radius 1 is 0.860 bits per heavy atom. The van der Waals surface area contributed by atoms with Gasteiger partial charge in [-0.05, 0) is 79.2 Å². The molecular weight excluding hydrogens is 725 g/mol. The minimum absolute atomic E-state index is 0.00152. The van der Waals surface area contributed by atoms with Gasteiger partial charge in [-0.3, -0.25) is 9.59 Å². The molecule has 2 aromatic carbocycles. The molecule has 296 valence electrons. The summed E-state index contributed by atoms with van der Waals surface area (Å²) >= 11 is 0. The molecule has 0 spiro atoms. The summed E-state index contributed by atoms with van der Waals surface area (Å²) in [6, 6.07) is 19.0. The number of aromatic nitrogens is 5. The van der Waals surface area contributed by atoms with E-state index in [1.54, 1.807) is 30.2 Å². The molecule has 14 heteroatoms. The highest BCUT2D eigenvalue weighted by Gasteiger charge is 2.52. The van der Waals surface area contributed by atoms with Crippen LogP contribution in [0.3, 0.4) is 0 Å². The van der Waals surface area contributed by atoms with Gasteiger partial charge in [-0.1, -0.05) is 54.6 Å². The number of carbonyl (C=O) groups is 3. The predicted octanol–water partition coefficient (Wildman–Crippen LogP) is 6.10. The lowest BCUT2D eigenvalue weighted by molar-refractivity contribution is -0.137. The fraction of sp³-hybridized carbons (Fsp3) is 0.395. The van der Waals surface area contributed by atoms with Crippen molar-refractivity contribution in [3.05, 3.63) is 96.5 Å². The zero-order chi connectivity index (χ0) is 39.6. The molecule has 3 amide bonds. The van der Waals surface area contributed by atoms with Crippen LogP contribution < -0.4 is 10.6 Å². The number of hydrogen-bond acceptors (Lipinski definition) is 9. The molecule has 8 rings (SSSR count). The SMILES string of the molecule is COC(=O)N[C@H](C(=O)N1CCC[C@H]1c1ncc(-c2ccc(-c3ccc(-c4cnc(C5C6CCC(C6)C5C(=O)NCc5cccnc5O)[nH]4)cc3)cc2)[nH]1)[C@@H](C)OC. The Labute approximate surface area is 330 Å². The quantitative estimate of drug-likeness (QED) is 0.0999. The summed E-state index contributed by atoms with van der Waals surface area (Å²) < 4.78 is 10.1. The molecule has 1 aliphatic heterocycles. The van der Waals surface area contributed by atoms with E-state index in [0.717, 1.165) is 71.6 Å². The van der Waals surface area contributed by atoms with Gasteiger partial charge in [-0.15, -0.1) is 0 Å². The van der Waals surface area contributed by atoms with Crippen molar-refractivity contribution < 1.29 is 29.0 Å². The van der Waals surface area contributed by atoms with Gasteiger partial charge in [0, 0.05) is 37.9 Å². The zero-order valence-corrected chi connectivity index (χ0v) is 32.3. The van der Waals surface area contributed by atoms with Crippen molar-refractivity contribution in [1.82, 2.24) is 40.5 Å². The summed E-state index contributed by atoms with van der Waals surface area (Å²) in [6.45, 7) is 2.52. The van der Waals surface area contributed by atoms with E-state index in [4.69, 9.17) is 14.5 Å². The predicted molar refractivity (Wildman–Crippen MR) is 211 cm³/mol. The van der Waals surface area contributed by atoms with E-state index in [9.17, 15) is 19.5 Å². The van der Waals surface area contributed by atoms with E-state index < -0.39 is 18.2 Å². The van der Waals surface area contributed by atoms with E-state index in [0.29, 0.717) is 29.8 Å². The summed E-state index contributed by atoms with van der Waals surface area (Å²) in [5.41, 5.74) is 6.47. The van der Waals surface area contributed by atoms with Crippen LogP contribution in [0.4, 0.5) is 4.79 Å². The van der Waals surface area contributed by atoms with Gasteiger partial charge in [-0.25, -0.2) is 19.7 Å². The molecule has 4 unspecified atom stereocenters. The number of rotatable bonds is 12. The van der Waals surface area contributed by atoms with E-state index in [-0.39, 0.29) is 42.1 Å². The number of hydrogen-bond donors (Lipinski definition) is 5. The molecule has 5 aromatic rings. The van der Waals surface area contributed by atoms with Gasteiger partial charge >= 0.3 is 6.09 Å². The molecule has 2 bridgehead atoms. The van der Waals surface area contributed by atoms with Crippen molar-refractivity contribution in [3.63, 3.8) is 0 Å². The number of carbonyl (C=O) groups excluding carboxylic acids is 3. The van der Waals surface area contributed by atoms with Gasteiger partial charge < -0.3 is 40.1 Å². The topological polar surface area (TPSA) is 187 Å². The smallest absolute Gasteiger partial charge is 0.407 e. The lowest BCUT2D eigenvalue weighted by Gasteiger charge is -2.30. The van der Waals surface area contributed by atoms with Crippen LogP contribution in [0.2, 0.25) is 0 Å². The molecule has 3 aromatic heterocycles. The summed E-state index contributed by atoms with van der Waals surface area (Å²) in [5, 5.41) is 15.8. The number of pyridine rings is 1. The van der Waals surface area contributed by atoms with Crippen LogP contribution in [0.5, 0.6) is 5.88 Å².